The van der Waals surface area contributed by atoms with Gasteiger partial charge < -0.3 is 9.30 Å². The van der Waals surface area contributed by atoms with E-state index in [1.54, 1.807) is 24.7 Å². The zero-order chi connectivity index (χ0) is 18.7. The van der Waals surface area contributed by atoms with E-state index in [4.69, 9.17) is 15.0 Å². The van der Waals surface area contributed by atoms with Gasteiger partial charge in [0, 0.05) is 22.9 Å². The third kappa shape index (κ3) is 3.32. The molecule has 3 rings (SSSR count). The topological polar surface area (TPSA) is 80.8 Å². The van der Waals surface area contributed by atoms with Crippen LogP contribution >= 0.6 is 22.6 Å². The number of imidazole rings is 1. The molecule has 0 fully saturated rings. The minimum atomic E-state index is -0.432. The van der Waals surface area contributed by atoms with E-state index in [0.717, 1.165) is 21.2 Å². The van der Waals surface area contributed by atoms with Crippen LogP contribution in [-0.2, 0) is 16.2 Å². The van der Waals surface area contributed by atoms with Crippen molar-refractivity contribution in [3.05, 3.63) is 53.5 Å². The Labute approximate surface area is 164 Å². The summed E-state index contributed by atoms with van der Waals surface area (Å²) in [7, 11) is 3.23. The van der Waals surface area contributed by atoms with E-state index in [0.29, 0.717) is 22.2 Å². The first-order valence-corrected chi connectivity index (χ1v) is 9.26. The number of aromatic nitrogens is 3. The zero-order valence-corrected chi connectivity index (χ0v) is 16.4. The van der Waals surface area contributed by atoms with Gasteiger partial charge in [-0.2, -0.15) is 5.26 Å². The molecule has 0 amide bonds. The molecule has 0 atom stereocenters. The summed E-state index contributed by atoms with van der Waals surface area (Å²) in [6.07, 6.45) is 6.55. The average molecular weight is 458 g/mol. The second-order valence-corrected chi connectivity index (χ2v) is 6.36. The third-order valence-electron chi connectivity index (χ3n) is 4.04. The number of esters is 1. The molecule has 0 aliphatic rings. The molecule has 0 radical (unpaired) electrons. The lowest BCUT2D eigenvalue weighted by molar-refractivity contribution is 0.0603. The number of rotatable bonds is 4. The Bertz CT molecular complexity index is 1060. The molecule has 1 aromatic carbocycles. The van der Waals surface area contributed by atoms with E-state index in [9.17, 15) is 4.79 Å². The van der Waals surface area contributed by atoms with Crippen LogP contribution < -0.4 is 0 Å². The Morgan fingerprint density at radius 2 is 2.23 bits per heavy atom. The number of allylic oxidation sites excluding steroid dienone is 1. The minimum absolute atomic E-state index is 0.431. The third-order valence-corrected chi connectivity index (χ3v) is 4.86. The van der Waals surface area contributed by atoms with Crippen molar-refractivity contribution in [2.75, 3.05) is 7.11 Å². The van der Waals surface area contributed by atoms with E-state index in [1.807, 2.05) is 29.8 Å². The maximum atomic E-state index is 12.4. The smallest absolute Gasteiger partial charge is 0.338 e. The van der Waals surface area contributed by atoms with Gasteiger partial charge in [0.25, 0.3) is 0 Å². The fourth-order valence-electron chi connectivity index (χ4n) is 2.75. The first kappa shape index (κ1) is 18.1. The number of nitrogens with zero attached hydrogens (tertiary/aromatic N) is 4. The van der Waals surface area contributed by atoms with Crippen LogP contribution in [0, 0.1) is 11.3 Å². The molecule has 0 aliphatic carbocycles. The second-order valence-electron chi connectivity index (χ2n) is 5.60. The van der Waals surface area contributed by atoms with Gasteiger partial charge in [0.1, 0.15) is 0 Å². The number of methoxy groups -OCH3 is 1. The van der Waals surface area contributed by atoms with E-state index >= 15 is 0 Å². The Morgan fingerprint density at radius 1 is 1.42 bits per heavy atom. The fourth-order valence-corrected chi connectivity index (χ4v) is 3.41. The second kappa shape index (κ2) is 7.66. The van der Waals surface area contributed by atoms with Crippen LogP contribution in [0.3, 0.4) is 0 Å². The number of aryl methyl sites for hydroxylation is 1. The van der Waals surface area contributed by atoms with Gasteiger partial charge in [0.2, 0.25) is 0 Å². The molecule has 26 heavy (non-hydrogen) atoms. The quantitative estimate of drug-likeness (QED) is 0.257. The van der Waals surface area contributed by atoms with Gasteiger partial charge in [-0.1, -0.05) is 22.6 Å². The standard InChI is InChI=1S/C19H15IN4O2/c1-24-11-22-10-18(24)17-8-15(19(25)26-2)14-6-12(4-3-5-21)13(9-20)7-16(14)23-17/h3-4,6-8,10-11H,9H2,1-2H3/b4-3+. The Hall–Kier alpha value is -2.73. The lowest BCUT2D eigenvalue weighted by atomic mass is 10.00. The summed E-state index contributed by atoms with van der Waals surface area (Å²) < 4.78 is 7.56. The van der Waals surface area contributed by atoms with Gasteiger partial charge in [-0.05, 0) is 35.4 Å². The highest BCUT2D eigenvalue weighted by Gasteiger charge is 2.17. The van der Waals surface area contributed by atoms with Crippen molar-refractivity contribution in [3.8, 4) is 17.5 Å². The van der Waals surface area contributed by atoms with Gasteiger partial charge >= 0.3 is 5.97 Å². The van der Waals surface area contributed by atoms with Gasteiger partial charge in [0.15, 0.2) is 0 Å². The molecule has 130 valence electrons. The summed E-state index contributed by atoms with van der Waals surface area (Å²) in [5.74, 6) is -0.432. The molecule has 0 N–H and O–H groups in total. The summed E-state index contributed by atoms with van der Waals surface area (Å²) in [6.45, 7) is 0. The first-order chi connectivity index (χ1) is 12.6. The van der Waals surface area contributed by atoms with Crippen molar-refractivity contribution in [3.63, 3.8) is 0 Å². The van der Waals surface area contributed by atoms with Crippen LogP contribution in [0.4, 0.5) is 0 Å². The van der Waals surface area contributed by atoms with Gasteiger partial charge in [-0.25, -0.2) is 14.8 Å². The first-order valence-electron chi connectivity index (χ1n) is 7.73. The molecule has 0 bridgehead atoms. The number of alkyl halides is 1. The number of nitriles is 1. The van der Waals surface area contributed by atoms with Crippen LogP contribution in [0.25, 0.3) is 28.4 Å². The number of ether oxygens (including phenoxy) is 1. The van der Waals surface area contributed by atoms with Gasteiger partial charge in [-0.3, -0.25) is 0 Å². The summed E-state index contributed by atoms with van der Waals surface area (Å²) >= 11 is 2.27. The monoisotopic (exact) mass is 458 g/mol. The molecule has 2 heterocycles. The lowest BCUT2D eigenvalue weighted by Crippen LogP contribution is -2.05. The summed E-state index contributed by atoms with van der Waals surface area (Å²) in [6, 6.07) is 7.54. The number of carbonyl (C=O) groups is 1. The molecule has 0 saturated heterocycles. The summed E-state index contributed by atoms with van der Waals surface area (Å²) in [5, 5.41) is 9.51. The number of hydrogen-bond donors (Lipinski definition) is 0. The van der Waals surface area contributed by atoms with E-state index in [1.165, 1.54) is 13.2 Å². The number of fused-ring (bicyclic) bond motifs is 1. The highest BCUT2D eigenvalue weighted by molar-refractivity contribution is 14.1. The fraction of sp³-hybridized carbons (Fsp3) is 0.158. The average Bonchev–Trinajstić information content (AvgIpc) is 3.09. The molecule has 0 saturated carbocycles. The van der Waals surface area contributed by atoms with Crippen molar-refractivity contribution in [2.45, 2.75) is 4.43 Å². The summed E-state index contributed by atoms with van der Waals surface area (Å²) in [4.78, 5) is 21.2. The van der Waals surface area contributed by atoms with E-state index < -0.39 is 5.97 Å². The highest BCUT2D eigenvalue weighted by atomic mass is 127. The van der Waals surface area contributed by atoms with Crippen LogP contribution in [0.15, 0.2) is 36.8 Å². The predicted molar refractivity (Wildman–Crippen MR) is 108 cm³/mol. The van der Waals surface area contributed by atoms with Crippen molar-refractivity contribution in [1.29, 1.82) is 5.26 Å². The maximum absolute atomic E-state index is 12.4. The summed E-state index contributed by atoms with van der Waals surface area (Å²) in [5.41, 5.74) is 4.51. The lowest BCUT2D eigenvalue weighted by Gasteiger charge is -2.12. The zero-order valence-electron chi connectivity index (χ0n) is 14.2. The molecular weight excluding hydrogens is 443 g/mol. The SMILES string of the molecule is COC(=O)c1cc(-c2cncn2C)nc2cc(CI)c(/C=C/C#N)cc12. The van der Waals surface area contributed by atoms with Crippen LogP contribution in [0.1, 0.15) is 21.5 Å². The normalized spacial score (nSPS) is 11.0. The van der Waals surface area contributed by atoms with Gasteiger partial charge in [0.05, 0.1) is 48.2 Å². The molecule has 0 spiro atoms. The number of hydrogen-bond acceptors (Lipinski definition) is 5. The van der Waals surface area contributed by atoms with Crippen LogP contribution in [0.5, 0.6) is 0 Å². The molecule has 2 aromatic heterocycles. The van der Waals surface area contributed by atoms with Crippen molar-refractivity contribution in [2.24, 2.45) is 7.05 Å². The van der Waals surface area contributed by atoms with E-state index in [2.05, 4.69) is 27.6 Å². The Morgan fingerprint density at radius 3 is 2.85 bits per heavy atom. The highest BCUT2D eigenvalue weighted by Crippen LogP contribution is 2.29. The number of halogens is 1. The number of benzene rings is 1. The van der Waals surface area contributed by atoms with Gasteiger partial charge in [-0.15, -0.1) is 0 Å². The number of pyridine rings is 1. The molecule has 3 aromatic rings. The Kier molecular flexibility index (Phi) is 5.32. The van der Waals surface area contributed by atoms with E-state index in [-0.39, 0.29) is 0 Å². The predicted octanol–water partition coefficient (Wildman–Crippen LogP) is 3.89. The van der Waals surface area contributed by atoms with Crippen LogP contribution in [0.2, 0.25) is 0 Å². The molecule has 6 nitrogen and oxygen atoms in total. The Balaban J connectivity index is 2.33. The minimum Gasteiger partial charge on any atom is -0.465 e. The number of carbonyl (C=O) groups excluding carboxylic acids is 1. The van der Waals surface area contributed by atoms with Crippen molar-refractivity contribution < 1.29 is 9.53 Å². The molecule has 7 heteroatoms. The molecule has 0 aliphatic heterocycles. The van der Waals surface area contributed by atoms with Crippen molar-refractivity contribution >= 4 is 45.5 Å². The molecule has 0 unspecified atom stereocenters. The van der Waals surface area contributed by atoms with Crippen LogP contribution in [-0.4, -0.2) is 27.6 Å². The molecular formula is C19H15IN4O2. The van der Waals surface area contributed by atoms with Crippen molar-refractivity contribution in [1.82, 2.24) is 14.5 Å². The maximum Gasteiger partial charge on any atom is 0.338 e. The largest absolute Gasteiger partial charge is 0.465 e.